The Labute approximate surface area is 127 Å². The molecule has 4 heteroatoms. The predicted octanol–water partition coefficient (Wildman–Crippen LogP) is 3.60. The van der Waals surface area contributed by atoms with Crippen LogP contribution in [0.3, 0.4) is 0 Å². The SMILES string of the molecule is C.C=O.CCCCOc1cc(C)c(C)c(C)c1.NCN.[HH].[HH]. The van der Waals surface area contributed by atoms with Gasteiger partial charge in [-0.3, -0.25) is 0 Å². The molecule has 0 bridgehead atoms. The monoisotopic (exact) mass is 288 g/mol. The number of carbonyl (C=O) groups is 1. The lowest BCUT2D eigenvalue weighted by molar-refractivity contribution is -0.0979. The first-order chi connectivity index (χ1) is 9.06. The lowest BCUT2D eigenvalue weighted by Crippen LogP contribution is -2.08. The number of carbonyl (C=O) groups excluding carboxylic acids is 1. The minimum atomic E-state index is 0. The first-order valence-electron chi connectivity index (χ1n) is 6.46. The van der Waals surface area contributed by atoms with Gasteiger partial charge in [0.05, 0.1) is 6.61 Å². The molecule has 0 saturated heterocycles. The molecule has 0 aliphatic rings. The molecule has 0 aromatic heterocycles. The van der Waals surface area contributed by atoms with Gasteiger partial charge in [-0.2, -0.15) is 0 Å². The van der Waals surface area contributed by atoms with Gasteiger partial charge in [-0.05, 0) is 56.0 Å². The van der Waals surface area contributed by atoms with E-state index in [0.717, 1.165) is 18.8 Å². The van der Waals surface area contributed by atoms with Crippen LogP contribution in [0.1, 0.15) is 46.7 Å². The van der Waals surface area contributed by atoms with E-state index in [1.807, 2.05) is 6.79 Å². The van der Waals surface area contributed by atoms with Crippen LogP contribution >= 0.6 is 0 Å². The van der Waals surface area contributed by atoms with Gasteiger partial charge in [-0.25, -0.2) is 0 Å². The second-order valence-electron chi connectivity index (χ2n) is 4.12. The first-order valence-corrected chi connectivity index (χ1v) is 6.46. The summed E-state index contributed by atoms with van der Waals surface area (Å²) in [6.07, 6.45) is 2.32. The van der Waals surface area contributed by atoms with Crippen molar-refractivity contribution in [3.8, 4) is 5.75 Å². The third-order valence-corrected chi connectivity index (χ3v) is 2.67. The predicted molar refractivity (Wildman–Crippen MR) is 92.4 cm³/mol. The van der Waals surface area contributed by atoms with Gasteiger partial charge in [-0.15, -0.1) is 0 Å². The highest BCUT2D eigenvalue weighted by molar-refractivity contribution is 5.40. The average molecular weight is 288 g/mol. The summed E-state index contributed by atoms with van der Waals surface area (Å²) in [6, 6.07) is 4.25. The molecule has 0 spiro atoms. The van der Waals surface area contributed by atoms with E-state index in [4.69, 9.17) is 9.53 Å². The average Bonchev–Trinajstić information content (AvgIpc) is 2.39. The van der Waals surface area contributed by atoms with Crippen LogP contribution in [0.5, 0.6) is 5.75 Å². The maximum atomic E-state index is 8.00. The minimum Gasteiger partial charge on any atom is -0.494 e. The molecule has 0 aliphatic carbocycles. The molecule has 20 heavy (non-hydrogen) atoms. The standard InChI is InChI=1S/C13H20O.CH6N2.CH2O.CH4.2H2/c1-5-6-7-14-13-8-10(2)12(4)11(3)9-13;2-1-3;1-2;;;/h8-9H,5-7H2,1-4H3;1-3H2;1H2;1H4;2*1H. The normalized spacial score (nSPS) is 8.30. The molecule has 0 saturated carbocycles. The van der Waals surface area contributed by atoms with Gasteiger partial charge in [0.2, 0.25) is 0 Å². The molecule has 0 heterocycles. The number of hydrogen-bond donors (Lipinski definition) is 2. The molecule has 0 unspecified atom stereocenters. The van der Waals surface area contributed by atoms with E-state index < -0.39 is 0 Å². The molecule has 1 aromatic carbocycles. The van der Waals surface area contributed by atoms with Gasteiger partial charge < -0.3 is 21.0 Å². The fraction of sp³-hybridized carbons (Fsp3) is 0.562. The van der Waals surface area contributed by atoms with Crippen LogP contribution in [-0.4, -0.2) is 20.1 Å². The van der Waals surface area contributed by atoms with Crippen molar-refractivity contribution in [3.63, 3.8) is 0 Å². The third kappa shape index (κ3) is 10.5. The van der Waals surface area contributed by atoms with Crippen molar-refractivity contribution in [1.82, 2.24) is 0 Å². The zero-order valence-electron chi connectivity index (χ0n) is 12.7. The fourth-order valence-corrected chi connectivity index (χ4v) is 1.41. The van der Waals surface area contributed by atoms with E-state index >= 15 is 0 Å². The molecule has 1 rings (SSSR count). The van der Waals surface area contributed by atoms with Crippen molar-refractivity contribution in [3.05, 3.63) is 28.8 Å². The van der Waals surface area contributed by atoms with Gasteiger partial charge in [0, 0.05) is 9.52 Å². The number of aryl methyl sites for hydroxylation is 2. The summed E-state index contributed by atoms with van der Waals surface area (Å²) in [5.74, 6) is 1.01. The Hall–Kier alpha value is -1.39. The van der Waals surface area contributed by atoms with Crippen LogP contribution in [-0.2, 0) is 4.79 Å². The fourth-order valence-electron chi connectivity index (χ4n) is 1.41. The van der Waals surface area contributed by atoms with Crippen molar-refractivity contribution < 1.29 is 12.4 Å². The zero-order valence-corrected chi connectivity index (χ0v) is 12.7. The van der Waals surface area contributed by atoms with Crippen molar-refractivity contribution in [1.29, 1.82) is 0 Å². The maximum Gasteiger partial charge on any atom is 0.119 e. The largest absolute Gasteiger partial charge is 0.494 e. The number of rotatable bonds is 4. The lowest BCUT2D eigenvalue weighted by Gasteiger charge is -2.10. The van der Waals surface area contributed by atoms with Crippen LogP contribution in [0.2, 0.25) is 0 Å². The maximum absolute atomic E-state index is 8.00. The van der Waals surface area contributed by atoms with Crippen LogP contribution in [0.25, 0.3) is 0 Å². The highest BCUT2D eigenvalue weighted by Gasteiger charge is 2.01. The van der Waals surface area contributed by atoms with E-state index in [1.165, 1.54) is 23.1 Å². The van der Waals surface area contributed by atoms with Crippen molar-refractivity contribution in [2.45, 2.75) is 48.0 Å². The van der Waals surface area contributed by atoms with E-state index in [1.54, 1.807) is 0 Å². The molecule has 1 aromatic rings. The van der Waals surface area contributed by atoms with Crippen LogP contribution in [0.15, 0.2) is 12.1 Å². The summed E-state index contributed by atoms with van der Waals surface area (Å²) in [4.78, 5) is 8.00. The highest BCUT2D eigenvalue weighted by Crippen LogP contribution is 2.21. The quantitative estimate of drug-likeness (QED) is 0.655. The zero-order chi connectivity index (χ0) is 15.3. The molecule has 0 fully saturated rings. The number of hydrogen-bond acceptors (Lipinski definition) is 4. The molecule has 4 nitrogen and oxygen atoms in total. The van der Waals surface area contributed by atoms with E-state index in [-0.39, 0.29) is 16.9 Å². The Morgan fingerprint density at radius 2 is 1.55 bits per heavy atom. The summed E-state index contributed by atoms with van der Waals surface area (Å²) < 4.78 is 5.66. The van der Waals surface area contributed by atoms with Gasteiger partial charge in [0.1, 0.15) is 12.5 Å². The number of nitrogens with two attached hydrogens (primary N) is 2. The number of benzene rings is 1. The van der Waals surface area contributed by atoms with Gasteiger partial charge in [0.25, 0.3) is 0 Å². The Bertz CT molecular complexity index is 328. The van der Waals surface area contributed by atoms with Gasteiger partial charge in [-0.1, -0.05) is 20.8 Å². The van der Waals surface area contributed by atoms with Gasteiger partial charge in [0.15, 0.2) is 0 Å². The molecule has 0 aliphatic heterocycles. The Balaban J connectivity index is -0.000000108. The van der Waals surface area contributed by atoms with E-state index in [2.05, 4.69) is 51.3 Å². The summed E-state index contributed by atoms with van der Waals surface area (Å²) in [6.45, 7) is 11.7. The topological polar surface area (TPSA) is 78.3 Å². The van der Waals surface area contributed by atoms with Gasteiger partial charge >= 0.3 is 0 Å². The van der Waals surface area contributed by atoms with E-state index in [9.17, 15) is 0 Å². The number of unbranched alkanes of at least 4 members (excludes halogenated alkanes) is 1. The molecule has 122 valence electrons. The summed E-state index contributed by atoms with van der Waals surface area (Å²) in [7, 11) is 0. The van der Waals surface area contributed by atoms with Crippen molar-refractivity contribution in [2.75, 3.05) is 13.3 Å². The summed E-state index contributed by atoms with van der Waals surface area (Å²) in [5, 5.41) is 0. The Kier molecular flexibility index (Phi) is 18.6. The molecular formula is C16H36N2O2. The Morgan fingerprint density at radius 3 is 1.90 bits per heavy atom. The van der Waals surface area contributed by atoms with Crippen molar-refractivity contribution in [2.24, 2.45) is 11.5 Å². The van der Waals surface area contributed by atoms with Crippen LogP contribution in [0.4, 0.5) is 0 Å². The smallest absolute Gasteiger partial charge is 0.119 e. The second kappa shape index (κ2) is 15.7. The highest BCUT2D eigenvalue weighted by atomic mass is 16.5. The molecule has 0 atom stereocenters. The minimum absolute atomic E-state index is 0. The first kappa shape index (κ1) is 23.7. The van der Waals surface area contributed by atoms with E-state index in [0.29, 0.717) is 0 Å². The molecule has 0 amide bonds. The summed E-state index contributed by atoms with van der Waals surface area (Å²) in [5.41, 5.74) is 13.3. The molecular weight excluding hydrogens is 252 g/mol. The van der Waals surface area contributed by atoms with Crippen molar-refractivity contribution >= 4 is 6.79 Å². The van der Waals surface area contributed by atoms with Crippen LogP contribution in [0, 0.1) is 20.8 Å². The summed E-state index contributed by atoms with van der Waals surface area (Å²) >= 11 is 0. The Morgan fingerprint density at radius 1 is 1.15 bits per heavy atom. The third-order valence-electron chi connectivity index (χ3n) is 2.67. The lowest BCUT2D eigenvalue weighted by atomic mass is 10.0. The number of ether oxygens (including phenoxy) is 1. The second-order valence-corrected chi connectivity index (χ2v) is 4.12. The molecule has 0 radical (unpaired) electrons. The van der Waals surface area contributed by atoms with Crippen LogP contribution < -0.4 is 16.2 Å². The molecule has 4 N–H and O–H groups in total.